The fraction of sp³-hybridized carbons (Fsp3) is 0.250. The van der Waals surface area contributed by atoms with Crippen molar-refractivity contribution in [3.63, 3.8) is 0 Å². The predicted molar refractivity (Wildman–Crippen MR) is 77.5 cm³/mol. The van der Waals surface area contributed by atoms with Crippen LogP contribution in [0.25, 0.3) is 0 Å². The molecule has 2 rings (SSSR count). The van der Waals surface area contributed by atoms with Crippen LogP contribution in [0, 0.1) is 0 Å². The first kappa shape index (κ1) is 14.8. The number of carbonyl (C=O) groups excluding carboxylic acids is 1. The highest BCUT2D eigenvalue weighted by Gasteiger charge is 2.12. The highest BCUT2D eigenvalue weighted by molar-refractivity contribution is 5.90. The van der Waals surface area contributed by atoms with E-state index in [4.69, 9.17) is 14.2 Å². The van der Waals surface area contributed by atoms with Gasteiger partial charge in [0.05, 0.1) is 19.3 Å². The van der Waals surface area contributed by atoms with E-state index in [1.165, 1.54) is 7.11 Å². The van der Waals surface area contributed by atoms with E-state index in [9.17, 15) is 4.79 Å². The molecule has 0 aliphatic heterocycles. The molecule has 0 fully saturated rings. The molecule has 0 unspecified atom stereocenters. The number of methoxy groups -OCH3 is 1. The van der Waals surface area contributed by atoms with Crippen LogP contribution in [0.3, 0.4) is 0 Å². The highest BCUT2D eigenvalue weighted by Crippen LogP contribution is 2.29. The molecule has 0 radical (unpaired) electrons. The summed E-state index contributed by atoms with van der Waals surface area (Å²) < 4.78 is 15.9. The van der Waals surface area contributed by atoms with Gasteiger partial charge < -0.3 is 14.2 Å². The second-order valence-electron chi connectivity index (χ2n) is 4.24. The summed E-state index contributed by atoms with van der Waals surface area (Å²) >= 11 is 0. The van der Waals surface area contributed by atoms with E-state index in [0.29, 0.717) is 30.3 Å². The van der Waals surface area contributed by atoms with Crippen LogP contribution in [-0.2, 0) is 11.3 Å². The number of esters is 1. The van der Waals surface area contributed by atoms with Gasteiger partial charge in [0.25, 0.3) is 0 Å². The third-order valence-corrected chi connectivity index (χ3v) is 2.78. The minimum absolute atomic E-state index is 0.380. The molecule has 1 heterocycles. The normalized spacial score (nSPS) is 10.0. The second-order valence-corrected chi connectivity index (χ2v) is 4.24. The van der Waals surface area contributed by atoms with Gasteiger partial charge in [0.2, 0.25) is 0 Å². The largest absolute Gasteiger partial charge is 0.490 e. The van der Waals surface area contributed by atoms with Gasteiger partial charge >= 0.3 is 5.97 Å². The van der Waals surface area contributed by atoms with Gasteiger partial charge in [-0.25, -0.2) is 4.79 Å². The van der Waals surface area contributed by atoms with Gasteiger partial charge in [-0.3, -0.25) is 4.98 Å². The number of benzene rings is 1. The van der Waals surface area contributed by atoms with Crippen molar-refractivity contribution in [1.29, 1.82) is 0 Å². The van der Waals surface area contributed by atoms with Gasteiger partial charge in [0.1, 0.15) is 6.61 Å². The molecule has 110 valence electrons. The van der Waals surface area contributed by atoms with E-state index in [1.54, 1.807) is 30.6 Å². The van der Waals surface area contributed by atoms with Crippen LogP contribution in [-0.4, -0.2) is 24.7 Å². The first-order valence-corrected chi connectivity index (χ1v) is 6.61. The van der Waals surface area contributed by atoms with Gasteiger partial charge in [0.15, 0.2) is 11.5 Å². The van der Waals surface area contributed by atoms with Crippen LogP contribution in [0.1, 0.15) is 22.8 Å². The molecule has 2 aromatic rings. The number of nitrogens with zero attached hydrogens (tertiary/aromatic N) is 1. The van der Waals surface area contributed by atoms with E-state index >= 15 is 0 Å². The predicted octanol–water partition coefficient (Wildman–Crippen LogP) is 2.85. The molecule has 0 saturated heterocycles. The van der Waals surface area contributed by atoms with E-state index in [-0.39, 0.29) is 0 Å². The average molecular weight is 287 g/mol. The minimum atomic E-state index is -0.408. The quantitative estimate of drug-likeness (QED) is 0.765. The maximum absolute atomic E-state index is 11.5. The van der Waals surface area contributed by atoms with E-state index in [2.05, 4.69) is 4.98 Å². The number of aromatic nitrogens is 1. The number of rotatable bonds is 6. The number of hydrogen-bond donors (Lipinski definition) is 0. The molecule has 0 saturated carbocycles. The third-order valence-electron chi connectivity index (χ3n) is 2.78. The molecule has 1 aromatic carbocycles. The lowest BCUT2D eigenvalue weighted by Gasteiger charge is -2.12. The van der Waals surface area contributed by atoms with Gasteiger partial charge in [-0.1, -0.05) is 6.07 Å². The summed E-state index contributed by atoms with van der Waals surface area (Å²) in [5, 5.41) is 0. The molecule has 0 atom stereocenters. The van der Waals surface area contributed by atoms with Crippen molar-refractivity contribution < 1.29 is 19.0 Å². The number of hydrogen-bond acceptors (Lipinski definition) is 5. The fourth-order valence-corrected chi connectivity index (χ4v) is 1.79. The maximum Gasteiger partial charge on any atom is 0.337 e. The Bertz CT molecular complexity index is 598. The lowest BCUT2D eigenvalue weighted by Crippen LogP contribution is -2.04. The monoisotopic (exact) mass is 287 g/mol. The first-order valence-electron chi connectivity index (χ1n) is 6.61. The molecule has 5 nitrogen and oxygen atoms in total. The van der Waals surface area contributed by atoms with E-state index in [1.807, 2.05) is 19.1 Å². The van der Waals surface area contributed by atoms with Crippen LogP contribution in [0.5, 0.6) is 11.5 Å². The summed E-state index contributed by atoms with van der Waals surface area (Å²) in [5.41, 5.74) is 1.38. The maximum atomic E-state index is 11.5. The topological polar surface area (TPSA) is 57.7 Å². The molecule has 0 bridgehead atoms. The molecule has 0 N–H and O–H groups in total. The summed E-state index contributed by atoms with van der Waals surface area (Å²) in [5.74, 6) is 0.687. The SMILES string of the molecule is CCOc1cc(C(=O)OC)ccc1OCc1cccnc1. The Hall–Kier alpha value is -2.56. The zero-order valence-electron chi connectivity index (χ0n) is 12.0. The molecule has 21 heavy (non-hydrogen) atoms. The van der Waals surface area contributed by atoms with Crippen molar-refractivity contribution in [3.8, 4) is 11.5 Å². The van der Waals surface area contributed by atoms with Crippen LogP contribution in [0.4, 0.5) is 0 Å². The van der Waals surface area contributed by atoms with Gasteiger partial charge in [0, 0.05) is 18.0 Å². The fourth-order valence-electron chi connectivity index (χ4n) is 1.79. The summed E-state index contributed by atoms with van der Waals surface area (Å²) in [7, 11) is 1.34. The van der Waals surface area contributed by atoms with Crippen molar-refractivity contribution in [2.45, 2.75) is 13.5 Å². The Labute approximate surface area is 123 Å². The van der Waals surface area contributed by atoms with E-state index < -0.39 is 5.97 Å². The van der Waals surface area contributed by atoms with Gasteiger partial charge in [-0.15, -0.1) is 0 Å². The summed E-state index contributed by atoms with van der Waals surface area (Å²) in [6, 6.07) is 8.74. The van der Waals surface area contributed by atoms with Crippen molar-refractivity contribution in [3.05, 3.63) is 53.9 Å². The molecule has 0 amide bonds. The average Bonchev–Trinajstić information content (AvgIpc) is 2.54. The van der Waals surface area contributed by atoms with Gasteiger partial charge in [-0.2, -0.15) is 0 Å². The Kier molecular flexibility index (Phi) is 5.15. The lowest BCUT2D eigenvalue weighted by atomic mass is 10.2. The zero-order chi connectivity index (χ0) is 15.1. The standard InChI is InChI=1S/C16H17NO4/c1-3-20-15-9-13(16(18)19-2)6-7-14(15)21-11-12-5-4-8-17-10-12/h4-10H,3,11H2,1-2H3. The first-order chi connectivity index (χ1) is 10.2. The van der Waals surface area contributed by atoms with Crippen molar-refractivity contribution in [2.75, 3.05) is 13.7 Å². The number of ether oxygens (including phenoxy) is 3. The molecular weight excluding hydrogens is 270 g/mol. The third kappa shape index (κ3) is 3.95. The Morgan fingerprint density at radius 2 is 2.05 bits per heavy atom. The summed E-state index contributed by atoms with van der Waals surface area (Å²) in [6.07, 6.45) is 3.45. The second kappa shape index (κ2) is 7.28. The Morgan fingerprint density at radius 1 is 1.19 bits per heavy atom. The highest BCUT2D eigenvalue weighted by atomic mass is 16.5. The van der Waals surface area contributed by atoms with Crippen molar-refractivity contribution in [1.82, 2.24) is 4.98 Å². The molecule has 5 heteroatoms. The van der Waals surface area contributed by atoms with Crippen LogP contribution in [0.2, 0.25) is 0 Å². The number of carbonyl (C=O) groups is 1. The smallest absolute Gasteiger partial charge is 0.337 e. The minimum Gasteiger partial charge on any atom is -0.490 e. The van der Waals surface area contributed by atoms with Crippen LogP contribution >= 0.6 is 0 Å². The van der Waals surface area contributed by atoms with Crippen LogP contribution < -0.4 is 9.47 Å². The molecular formula is C16H17NO4. The van der Waals surface area contributed by atoms with Crippen molar-refractivity contribution >= 4 is 5.97 Å². The molecule has 0 aliphatic carbocycles. The van der Waals surface area contributed by atoms with Crippen molar-refractivity contribution in [2.24, 2.45) is 0 Å². The van der Waals surface area contributed by atoms with E-state index in [0.717, 1.165) is 5.56 Å². The summed E-state index contributed by atoms with van der Waals surface area (Å²) in [6.45, 7) is 2.73. The zero-order valence-corrected chi connectivity index (χ0v) is 12.0. The molecule has 0 spiro atoms. The molecule has 1 aromatic heterocycles. The molecule has 0 aliphatic rings. The number of pyridine rings is 1. The Balaban J connectivity index is 2.16. The lowest BCUT2D eigenvalue weighted by molar-refractivity contribution is 0.0600. The summed E-state index contributed by atoms with van der Waals surface area (Å²) in [4.78, 5) is 15.6. The van der Waals surface area contributed by atoms with Crippen LogP contribution in [0.15, 0.2) is 42.7 Å². The Morgan fingerprint density at radius 3 is 2.71 bits per heavy atom. The van der Waals surface area contributed by atoms with Gasteiger partial charge in [-0.05, 0) is 31.2 Å².